The quantitative estimate of drug-likeness (QED) is 0.166. The topological polar surface area (TPSA) is 120 Å². The lowest BCUT2D eigenvalue weighted by atomic mass is 10.2. The molecule has 1 N–H and O–H groups in total. The number of amides is 1. The van der Waals surface area contributed by atoms with Gasteiger partial charge in [0.25, 0.3) is 11.6 Å². The van der Waals surface area contributed by atoms with Crippen molar-refractivity contribution in [1.29, 1.82) is 0 Å². The molecule has 0 aliphatic rings. The van der Waals surface area contributed by atoms with Crippen molar-refractivity contribution in [3.63, 3.8) is 0 Å². The zero-order chi connectivity index (χ0) is 24.0. The first-order valence-corrected chi connectivity index (χ1v) is 9.97. The summed E-state index contributed by atoms with van der Waals surface area (Å²) in [5.41, 5.74) is 3.17. The van der Waals surface area contributed by atoms with E-state index in [4.69, 9.17) is 32.7 Å². The molecule has 3 aromatic rings. The highest BCUT2D eigenvalue weighted by atomic mass is 35.5. The number of benzene rings is 3. The van der Waals surface area contributed by atoms with Crippen LogP contribution in [-0.2, 0) is 0 Å². The van der Waals surface area contributed by atoms with Gasteiger partial charge in [0.1, 0.15) is 0 Å². The van der Waals surface area contributed by atoms with Gasteiger partial charge in [-0.15, -0.1) is 0 Å². The molecule has 0 saturated heterocycles. The minimum absolute atomic E-state index is 0.123. The normalized spacial score (nSPS) is 10.6. The first kappa shape index (κ1) is 23.7. The van der Waals surface area contributed by atoms with Crippen molar-refractivity contribution in [3.05, 3.63) is 97.5 Å². The predicted molar refractivity (Wildman–Crippen MR) is 123 cm³/mol. The fourth-order valence-corrected chi connectivity index (χ4v) is 2.89. The van der Waals surface area contributed by atoms with Crippen LogP contribution in [0.5, 0.6) is 11.5 Å². The third kappa shape index (κ3) is 6.06. The number of hydrogen-bond donors (Lipinski definition) is 1. The maximum Gasteiger partial charge on any atom is 0.343 e. The monoisotopic (exact) mass is 487 g/mol. The van der Waals surface area contributed by atoms with Gasteiger partial charge < -0.3 is 9.47 Å². The molecule has 1 amide bonds. The van der Waals surface area contributed by atoms with E-state index in [1.807, 2.05) is 0 Å². The highest BCUT2D eigenvalue weighted by Gasteiger charge is 2.14. The van der Waals surface area contributed by atoms with E-state index in [0.717, 1.165) is 0 Å². The summed E-state index contributed by atoms with van der Waals surface area (Å²) in [7, 11) is 1.41. The smallest absolute Gasteiger partial charge is 0.343 e. The maximum absolute atomic E-state index is 12.4. The average Bonchev–Trinajstić information content (AvgIpc) is 2.81. The van der Waals surface area contributed by atoms with Crippen LogP contribution in [0.4, 0.5) is 5.69 Å². The predicted octanol–water partition coefficient (Wildman–Crippen LogP) is 4.89. The highest BCUT2D eigenvalue weighted by Crippen LogP contribution is 2.29. The Bertz CT molecular complexity index is 1250. The largest absolute Gasteiger partial charge is 0.493 e. The summed E-state index contributed by atoms with van der Waals surface area (Å²) in [6.45, 7) is 0. The zero-order valence-electron chi connectivity index (χ0n) is 17.0. The second kappa shape index (κ2) is 10.6. The molecule has 0 saturated carbocycles. The van der Waals surface area contributed by atoms with Crippen LogP contribution in [0.1, 0.15) is 26.3 Å². The molecule has 0 bridgehead atoms. The van der Waals surface area contributed by atoms with E-state index in [0.29, 0.717) is 10.6 Å². The van der Waals surface area contributed by atoms with Crippen molar-refractivity contribution in [2.24, 2.45) is 5.10 Å². The average molecular weight is 488 g/mol. The molecule has 0 heterocycles. The molecule has 3 rings (SSSR count). The second-order valence-corrected chi connectivity index (χ2v) is 7.25. The van der Waals surface area contributed by atoms with Crippen molar-refractivity contribution < 1.29 is 24.0 Å². The van der Waals surface area contributed by atoms with E-state index >= 15 is 0 Å². The van der Waals surface area contributed by atoms with E-state index in [2.05, 4.69) is 10.5 Å². The van der Waals surface area contributed by atoms with Crippen LogP contribution in [-0.4, -0.2) is 30.1 Å². The van der Waals surface area contributed by atoms with Gasteiger partial charge >= 0.3 is 5.97 Å². The van der Waals surface area contributed by atoms with Gasteiger partial charge in [-0.05, 0) is 54.1 Å². The number of nitrogens with one attached hydrogen (secondary N) is 1. The molecule has 0 aliphatic heterocycles. The van der Waals surface area contributed by atoms with Crippen LogP contribution in [0.2, 0.25) is 10.0 Å². The Morgan fingerprint density at radius 1 is 0.970 bits per heavy atom. The second-order valence-electron chi connectivity index (χ2n) is 6.43. The van der Waals surface area contributed by atoms with E-state index in [-0.39, 0.29) is 33.3 Å². The molecule has 9 nitrogen and oxygen atoms in total. The minimum atomic E-state index is -0.649. The molecular formula is C22H15Cl2N3O6. The van der Waals surface area contributed by atoms with Crippen LogP contribution in [0.25, 0.3) is 0 Å². The lowest BCUT2D eigenvalue weighted by Crippen LogP contribution is -2.17. The Hall–Kier alpha value is -3.95. The number of esters is 1. The SMILES string of the molecule is COc1cc(/C=N/NC(=O)c2ccc([N+](=O)[O-])cc2)ccc1OC(=O)c1ccc(Cl)c(Cl)c1. The summed E-state index contributed by atoms with van der Waals surface area (Å²) in [4.78, 5) is 34.6. The maximum atomic E-state index is 12.4. The number of nitrogens with zero attached hydrogens (tertiary/aromatic N) is 2. The summed E-state index contributed by atoms with van der Waals surface area (Å²) >= 11 is 11.8. The number of methoxy groups -OCH3 is 1. The van der Waals surface area contributed by atoms with E-state index in [1.54, 1.807) is 12.1 Å². The van der Waals surface area contributed by atoms with Crippen molar-refractivity contribution in [3.8, 4) is 11.5 Å². The lowest BCUT2D eigenvalue weighted by molar-refractivity contribution is -0.384. The van der Waals surface area contributed by atoms with Crippen molar-refractivity contribution in [1.82, 2.24) is 5.43 Å². The zero-order valence-corrected chi connectivity index (χ0v) is 18.5. The Labute approximate surface area is 197 Å². The molecule has 0 aromatic heterocycles. The lowest BCUT2D eigenvalue weighted by Gasteiger charge is -2.10. The van der Waals surface area contributed by atoms with Gasteiger partial charge in [0, 0.05) is 17.7 Å². The van der Waals surface area contributed by atoms with Gasteiger partial charge in [-0.3, -0.25) is 14.9 Å². The minimum Gasteiger partial charge on any atom is -0.493 e. The van der Waals surface area contributed by atoms with Gasteiger partial charge in [0.05, 0.1) is 33.9 Å². The molecule has 0 unspecified atom stereocenters. The molecule has 0 aliphatic carbocycles. The number of hydrazone groups is 1. The van der Waals surface area contributed by atoms with Crippen molar-refractivity contribution in [2.75, 3.05) is 7.11 Å². The number of halogens is 2. The van der Waals surface area contributed by atoms with E-state index in [9.17, 15) is 19.7 Å². The van der Waals surface area contributed by atoms with Crippen molar-refractivity contribution in [2.45, 2.75) is 0 Å². The Morgan fingerprint density at radius 2 is 1.67 bits per heavy atom. The molecule has 11 heteroatoms. The fourth-order valence-electron chi connectivity index (χ4n) is 2.60. The summed E-state index contributed by atoms with van der Waals surface area (Å²) in [6, 6.07) is 14.1. The number of nitro groups is 1. The summed E-state index contributed by atoms with van der Waals surface area (Å²) in [5, 5.41) is 15.1. The number of rotatable bonds is 7. The van der Waals surface area contributed by atoms with Crippen LogP contribution >= 0.6 is 23.2 Å². The fraction of sp³-hybridized carbons (Fsp3) is 0.0455. The van der Waals surface area contributed by atoms with E-state index < -0.39 is 16.8 Å². The standard InChI is InChI=1S/C22H15Cl2N3O6/c1-32-20-10-13(12-25-26-21(28)14-3-6-16(7-4-14)27(30)31)2-9-19(20)33-22(29)15-5-8-17(23)18(24)11-15/h2-12H,1H3,(H,26,28)/b25-12+. The summed E-state index contributed by atoms with van der Waals surface area (Å²) in [6.07, 6.45) is 1.36. The number of hydrogen-bond acceptors (Lipinski definition) is 7. The first-order chi connectivity index (χ1) is 15.8. The van der Waals surface area contributed by atoms with Gasteiger partial charge in [0.15, 0.2) is 11.5 Å². The van der Waals surface area contributed by atoms with Crippen LogP contribution in [0, 0.1) is 10.1 Å². The third-order valence-corrected chi connectivity index (χ3v) is 5.00. The number of carbonyl (C=O) groups is 2. The molecular weight excluding hydrogens is 473 g/mol. The molecule has 0 atom stereocenters. The Kier molecular flexibility index (Phi) is 7.60. The van der Waals surface area contributed by atoms with Crippen LogP contribution in [0.15, 0.2) is 65.8 Å². The van der Waals surface area contributed by atoms with Gasteiger partial charge in [-0.2, -0.15) is 5.10 Å². The van der Waals surface area contributed by atoms with Gasteiger partial charge in [0.2, 0.25) is 0 Å². The van der Waals surface area contributed by atoms with Gasteiger partial charge in [-0.1, -0.05) is 23.2 Å². The summed E-state index contributed by atoms with van der Waals surface area (Å²) in [5.74, 6) is -0.765. The number of non-ortho nitro benzene ring substituents is 1. The summed E-state index contributed by atoms with van der Waals surface area (Å²) < 4.78 is 10.6. The van der Waals surface area contributed by atoms with Crippen molar-refractivity contribution >= 4 is 47.0 Å². The van der Waals surface area contributed by atoms with Crippen LogP contribution < -0.4 is 14.9 Å². The molecule has 33 heavy (non-hydrogen) atoms. The molecule has 0 fully saturated rings. The molecule has 3 aromatic carbocycles. The van der Waals surface area contributed by atoms with Gasteiger partial charge in [-0.25, -0.2) is 10.2 Å². The number of ether oxygens (including phenoxy) is 2. The molecule has 0 radical (unpaired) electrons. The first-order valence-electron chi connectivity index (χ1n) is 9.21. The number of carbonyl (C=O) groups excluding carboxylic acids is 2. The van der Waals surface area contributed by atoms with E-state index in [1.165, 1.54) is 61.9 Å². The molecule has 168 valence electrons. The Balaban J connectivity index is 1.66. The third-order valence-electron chi connectivity index (χ3n) is 4.27. The Morgan fingerprint density at radius 3 is 2.30 bits per heavy atom. The number of nitro benzene ring substituents is 1. The highest BCUT2D eigenvalue weighted by molar-refractivity contribution is 6.42. The van der Waals surface area contributed by atoms with Crippen LogP contribution in [0.3, 0.4) is 0 Å². The molecule has 0 spiro atoms.